The third-order valence-corrected chi connectivity index (χ3v) is 7.01. The fourth-order valence-corrected chi connectivity index (χ4v) is 5.17. The Kier molecular flexibility index (Phi) is 4.67. The zero-order chi connectivity index (χ0) is 18.3. The molecule has 5 heteroatoms. The maximum absolute atomic E-state index is 12.8. The molecule has 4 heterocycles. The van der Waals surface area contributed by atoms with Crippen molar-refractivity contribution >= 4 is 23.0 Å². The predicted octanol–water partition coefficient (Wildman–Crippen LogP) is 3.83. The van der Waals surface area contributed by atoms with Crippen LogP contribution in [0.3, 0.4) is 0 Å². The molecule has 1 N–H and O–H groups in total. The molecule has 2 atom stereocenters. The zero-order valence-corrected chi connectivity index (χ0v) is 16.0. The molecule has 0 saturated carbocycles. The van der Waals surface area contributed by atoms with E-state index in [0.29, 0.717) is 17.5 Å². The first-order chi connectivity index (χ1) is 12.5. The lowest BCUT2D eigenvalue weighted by Gasteiger charge is -2.49. The number of thiophene rings is 1. The molecule has 5 rings (SSSR count). The molecule has 4 nitrogen and oxygen atoms in total. The van der Waals surface area contributed by atoms with Gasteiger partial charge in [-0.2, -0.15) is 0 Å². The summed E-state index contributed by atoms with van der Waals surface area (Å²) < 4.78 is 0. The number of benzene rings is 1. The Bertz CT molecular complexity index is 817. The second-order valence-corrected chi connectivity index (χ2v) is 8.49. The predicted molar refractivity (Wildman–Crippen MR) is 105 cm³/mol. The fraction of sp³-hybridized carbons (Fsp3) is 0.429. The number of hydrogen-bond acceptors (Lipinski definition) is 4. The SMILES string of the molecule is CC(=O)c1ccc(-c2ccc(C(=O)NC3C4CCN(CC4)C3C)s2)cc1. The normalized spacial score (nSPS) is 27.3. The molecule has 3 fully saturated rings. The van der Waals surface area contributed by atoms with Crippen molar-refractivity contribution < 1.29 is 9.59 Å². The van der Waals surface area contributed by atoms with Crippen LogP contribution in [0.15, 0.2) is 36.4 Å². The summed E-state index contributed by atoms with van der Waals surface area (Å²) in [6.45, 7) is 6.12. The molecule has 3 aliphatic heterocycles. The Morgan fingerprint density at radius 2 is 1.77 bits per heavy atom. The summed E-state index contributed by atoms with van der Waals surface area (Å²) in [6, 6.07) is 12.1. The molecule has 2 aromatic rings. The number of amides is 1. The smallest absolute Gasteiger partial charge is 0.261 e. The van der Waals surface area contributed by atoms with Crippen molar-refractivity contribution in [3.05, 3.63) is 46.8 Å². The molecule has 0 radical (unpaired) electrons. The van der Waals surface area contributed by atoms with Gasteiger partial charge in [0.15, 0.2) is 5.78 Å². The highest BCUT2D eigenvalue weighted by Gasteiger charge is 2.40. The highest BCUT2D eigenvalue weighted by molar-refractivity contribution is 7.17. The first kappa shape index (κ1) is 17.4. The molecule has 1 aromatic heterocycles. The highest BCUT2D eigenvalue weighted by atomic mass is 32.1. The summed E-state index contributed by atoms with van der Waals surface area (Å²) in [5.41, 5.74) is 1.75. The van der Waals surface area contributed by atoms with Gasteiger partial charge in [-0.25, -0.2) is 0 Å². The minimum Gasteiger partial charge on any atom is -0.347 e. The summed E-state index contributed by atoms with van der Waals surface area (Å²) in [5, 5.41) is 3.29. The first-order valence-electron chi connectivity index (χ1n) is 9.29. The summed E-state index contributed by atoms with van der Waals surface area (Å²) in [7, 11) is 0. The van der Waals surface area contributed by atoms with E-state index in [1.807, 2.05) is 36.4 Å². The number of piperidine rings is 3. The molecule has 0 aliphatic carbocycles. The second-order valence-electron chi connectivity index (χ2n) is 7.41. The van der Waals surface area contributed by atoms with E-state index < -0.39 is 0 Å². The van der Waals surface area contributed by atoms with Gasteiger partial charge in [0, 0.05) is 22.5 Å². The first-order valence-corrected chi connectivity index (χ1v) is 10.1. The molecular weight excluding hydrogens is 344 g/mol. The van der Waals surface area contributed by atoms with Gasteiger partial charge in [-0.3, -0.25) is 14.5 Å². The van der Waals surface area contributed by atoms with E-state index in [-0.39, 0.29) is 17.7 Å². The highest BCUT2D eigenvalue weighted by Crippen LogP contribution is 2.33. The van der Waals surface area contributed by atoms with Crippen molar-refractivity contribution in [1.29, 1.82) is 0 Å². The maximum Gasteiger partial charge on any atom is 0.261 e. The topological polar surface area (TPSA) is 49.4 Å². The molecule has 0 spiro atoms. The summed E-state index contributed by atoms with van der Waals surface area (Å²) in [5.74, 6) is 0.708. The molecule has 2 unspecified atom stereocenters. The van der Waals surface area contributed by atoms with Crippen LogP contribution in [0.25, 0.3) is 10.4 Å². The van der Waals surface area contributed by atoms with Crippen molar-refractivity contribution in [3.63, 3.8) is 0 Å². The van der Waals surface area contributed by atoms with Crippen LogP contribution >= 0.6 is 11.3 Å². The molecule has 3 saturated heterocycles. The van der Waals surface area contributed by atoms with Crippen LogP contribution in [0, 0.1) is 5.92 Å². The number of nitrogens with one attached hydrogen (secondary N) is 1. The van der Waals surface area contributed by atoms with E-state index in [2.05, 4.69) is 17.1 Å². The van der Waals surface area contributed by atoms with Crippen molar-refractivity contribution in [2.24, 2.45) is 5.92 Å². The lowest BCUT2D eigenvalue weighted by atomic mass is 9.79. The van der Waals surface area contributed by atoms with Crippen LogP contribution in [-0.2, 0) is 0 Å². The lowest BCUT2D eigenvalue weighted by molar-refractivity contribution is 0.0218. The lowest BCUT2D eigenvalue weighted by Crippen LogP contribution is -2.62. The summed E-state index contributed by atoms with van der Waals surface area (Å²) >= 11 is 1.51. The molecule has 3 aliphatic rings. The molecule has 1 amide bonds. The number of ketones is 1. The van der Waals surface area contributed by atoms with Crippen LogP contribution in [-0.4, -0.2) is 41.8 Å². The molecular formula is C21H24N2O2S. The number of rotatable bonds is 4. The van der Waals surface area contributed by atoms with E-state index in [4.69, 9.17) is 0 Å². The standard InChI is InChI=1S/C21H24N2O2S/c1-13-20(17-9-11-23(13)12-10-17)22-21(25)19-8-7-18(26-19)16-5-3-15(4-6-16)14(2)24/h3-8,13,17,20H,9-12H2,1-2H3,(H,22,25). The Hall–Kier alpha value is -1.98. The van der Waals surface area contributed by atoms with Gasteiger partial charge in [0.1, 0.15) is 0 Å². The van der Waals surface area contributed by atoms with Gasteiger partial charge in [0.25, 0.3) is 5.91 Å². The largest absolute Gasteiger partial charge is 0.347 e. The molecule has 1 aromatic carbocycles. The number of fused-ring (bicyclic) bond motifs is 3. The van der Waals surface area contributed by atoms with E-state index in [9.17, 15) is 9.59 Å². The van der Waals surface area contributed by atoms with Crippen molar-refractivity contribution in [2.75, 3.05) is 13.1 Å². The second kappa shape index (κ2) is 6.97. The Morgan fingerprint density at radius 1 is 1.08 bits per heavy atom. The Morgan fingerprint density at radius 3 is 2.38 bits per heavy atom. The Labute approximate surface area is 158 Å². The van der Waals surface area contributed by atoms with Gasteiger partial charge in [-0.05, 0) is 63.4 Å². The number of hydrogen-bond donors (Lipinski definition) is 1. The monoisotopic (exact) mass is 368 g/mol. The number of nitrogens with zero attached hydrogens (tertiary/aromatic N) is 1. The van der Waals surface area contributed by atoms with E-state index >= 15 is 0 Å². The van der Waals surface area contributed by atoms with Crippen molar-refractivity contribution in [2.45, 2.75) is 38.8 Å². The van der Waals surface area contributed by atoms with Gasteiger partial charge in [-0.15, -0.1) is 11.3 Å². The third-order valence-electron chi connectivity index (χ3n) is 5.88. The van der Waals surface area contributed by atoms with Crippen LogP contribution in [0.2, 0.25) is 0 Å². The van der Waals surface area contributed by atoms with Crippen molar-refractivity contribution in [1.82, 2.24) is 10.2 Å². The average Bonchev–Trinajstić information content (AvgIpc) is 3.15. The summed E-state index contributed by atoms with van der Waals surface area (Å²) in [6.07, 6.45) is 2.38. The average molecular weight is 369 g/mol. The Balaban J connectivity index is 1.47. The van der Waals surface area contributed by atoms with E-state index in [0.717, 1.165) is 28.4 Å². The number of carbonyl (C=O) groups excluding carboxylic acids is 2. The van der Waals surface area contributed by atoms with Crippen LogP contribution in [0.1, 0.15) is 46.7 Å². The minimum atomic E-state index is 0.0345. The van der Waals surface area contributed by atoms with Crippen LogP contribution in [0.4, 0.5) is 0 Å². The number of Topliss-reactive ketones (excluding diaryl/α,β-unsaturated/α-hetero) is 1. The van der Waals surface area contributed by atoms with Crippen LogP contribution in [0.5, 0.6) is 0 Å². The quantitative estimate of drug-likeness (QED) is 0.835. The van der Waals surface area contributed by atoms with E-state index in [1.54, 1.807) is 6.92 Å². The van der Waals surface area contributed by atoms with Crippen LogP contribution < -0.4 is 5.32 Å². The van der Waals surface area contributed by atoms with Crippen molar-refractivity contribution in [3.8, 4) is 10.4 Å². The maximum atomic E-state index is 12.8. The minimum absolute atomic E-state index is 0.0345. The van der Waals surface area contributed by atoms with Gasteiger partial charge in [-0.1, -0.05) is 24.3 Å². The molecule has 2 bridgehead atoms. The third kappa shape index (κ3) is 3.21. The number of carbonyl (C=O) groups is 2. The van der Waals surface area contributed by atoms with Gasteiger partial charge in [0.05, 0.1) is 4.88 Å². The zero-order valence-electron chi connectivity index (χ0n) is 15.2. The molecule has 26 heavy (non-hydrogen) atoms. The van der Waals surface area contributed by atoms with Gasteiger partial charge < -0.3 is 5.32 Å². The fourth-order valence-electron chi connectivity index (χ4n) is 4.25. The van der Waals surface area contributed by atoms with E-state index in [1.165, 1.54) is 24.2 Å². The molecule has 136 valence electrons. The van der Waals surface area contributed by atoms with Gasteiger partial charge >= 0.3 is 0 Å². The summed E-state index contributed by atoms with van der Waals surface area (Å²) in [4.78, 5) is 28.4. The van der Waals surface area contributed by atoms with Gasteiger partial charge in [0.2, 0.25) is 0 Å².